The van der Waals surface area contributed by atoms with Gasteiger partial charge in [0.25, 0.3) is 0 Å². The van der Waals surface area contributed by atoms with Crippen LogP contribution < -0.4 is 15.4 Å². The number of piperidine rings is 1. The molecule has 4 aromatic rings. The smallest absolute Gasteiger partial charge is 0.410 e. The summed E-state index contributed by atoms with van der Waals surface area (Å²) in [6.45, 7) is 8.57. The largest absolute Gasteiger partial charge is 0.444 e. The Morgan fingerprint density at radius 3 is 2.60 bits per heavy atom. The molecule has 2 amide bonds. The van der Waals surface area contributed by atoms with Gasteiger partial charge in [0.2, 0.25) is 23.7 Å². The van der Waals surface area contributed by atoms with Crippen LogP contribution in [0.15, 0.2) is 60.9 Å². The van der Waals surface area contributed by atoms with Crippen molar-refractivity contribution < 1.29 is 27.8 Å². The van der Waals surface area contributed by atoms with Crippen LogP contribution in [0.2, 0.25) is 0 Å². The van der Waals surface area contributed by atoms with Crippen molar-refractivity contribution in [3.8, 4) is 22.9 Å². The van der Waals surface area contributed by atoms with E-state index in [1.807, 2.05) is 52.0 Å². The summed E-state index contributed by atoms with van der Waals surface area (Å²) in [6, 6.07) is 14.6. The average Bonchev–Trinajstić information content (AvgIpc) is 3.42. The van der Waals surface area contributed by atoms with Gasteiger partial charge in [0, 0.05) is 66.7 Å². The van der Waals surface area contributed by atoms with E-state index < -0.39 is 29.8 Å². The van der Waals surface area contributed by atoms with Crippen LogP contribution in [-0.4, -0.2) is 62.5 Å². The zero-order chi connectivity index (χ0) is 34.1. The molecule has 2 aliphatic rings. The molecule has 10 nitrogen and oxygen atoms in total. The van der Waals surface area contributed by atoms with E-state index in [2.05, 4.69) is 20.6 Å². The number of halogens is 2. The molecule has 1 saturated carbocycles. The Morgan fingerprint density at radius 1 is 1.00 bits per heavy atom. The summed E-state index contributed by atoms with van der Waals surface area (Å²) in [6.07, 6.45) is 4.08. The number of benzene rings is 2. The van der Waals surface area contributed by atoms with Crippen molar-refractivity contribution in [2.45, 2.75) is 77.4 Å². The Balaban J connectivity index is 1.22. The van der Waals surface area contributed by atoms with Gasteiger partial charge in [-0.25, -0.2) is 28.5 Å². The molecule has 3 heterocycles. The van der Waals surface area contributed by atoms with E-state index in [0.29, 0.717) is 47.6 Å². The molecule has 0 bridgehead atoms. The number of hydrogen-bond acceptors (Lipinski definition) is 8. The van der Waals surface area contributed by atoms with Gasteiger partial charge in [-0.2, -0.15) is 0 Å². The lowest BCUT2D eigenvalue weighted by atomic mass is 10.0. The van der Waals surface area contributed by atoms with Crippen LogP contribution in [0.4, 0.5) is 25.2 Å². The molecule has 252 valence electrons. The minimum absolute atomic E-state index is 0.0516. The number of rotatable bonds is 7. The molecule has 2 fully saturated rings. The van der Waals surface area contributed by atoms with Crippen LogP contribution >= 0.6 is 0 Å². The Hall–Kier alpha value is -4.87. The van der Waals surface area contributed by atoms with Crippen molar-refractivity contribution >= 4 is 34.4 Å². The molecule has 2 aromatic carbocycles. The highest BCUT2D eigenvalue weighted by Crippen LogP contribution is 2.41. The topological polar surface area (TPSA) is 119 Å². The monoisotopic (exact) mass is 658 g/mol. The number of anilines is 2. The number of nitrogens with one attached hydrogen (secondary N) is 2. The lowest BCUT2D eigenvalue weighted by Crippen LogP contribution is -2.47. The van der Waals surface area contributed by atoms with Gasteiger partial charge in [0.05, 0.1) is 11.3 Å². The van der Waals surface area contributed by atoms with Crippen LogP contribution in [0, 0.1) is 12.8 Å². The number of alkyl halides is 2. The number of aromatic nitrogens is 3. The molecule has 2 aromatic heterocycles. The van der Waals surface area contributed by atoms with E-state index in [1.54, 1.807) is 41.6 Å². The van der Waals surface area contributed by atoms with Gasteiger partial charge < -0.3 is 25.0 Å². The summed E-state index contributed by atoms with van der Waals surface area (Å²) < 4.78 is 39.6. The SMILES string of the molecule is Cc1ccc2c(NC(=O)[C@@H]3CCC(F)(F)C3)cccc2c1Oc1ncccc1-c1ccnc(NC2CCCN(C(=O)OC(C)(C)C)C2)n1. The number of pyridine rings is 1. The second-order valence-corrected chi connectivity index (χ2v) is 13.5. The molecule has 12 heteroatoms. The molecule has 1 saturated heterocycles. The van der Waals surface area contributed by atoms with Gasteiger partial charge in [0.15, 0.2) is 0 Å². The van der Waals surface area contributed by atoms with Crippen molar-refractivity contribution in [1.29, 1.82) is 0 Å². The zero-order valence-electron chi connectivity index (χ0n) is 27.6. The Kier molecular flexibility index (Phi) is 9.18. The Bertz CT molecular complexity index is 1830. The first kappa shape index (κ1) is 33.0. The molecule has 0 spiro atoms. The van der Waals surface area contributed by atoms with Crippen LogP contribution in [0.3, 0.4) is 0 Å². The number of likely N-dealkylation sites (tertiary alicyclic amines) is 1. The summed E-state index contributed by atoms with van der Waals surface area (Å²) in [5.74, 6) is -2.66. The number of fused-ring (bicyclic) bond motifs is 1. The highest BCUT2D eigenvalue weighted by atomic mass is 19.3. The number of ether oxygens (including phenoxy) is 2. The van der Waals surface area contributed by atoms with Gasteiger partial charge in [-0.3, -0.25) is 4.79 Å². The Morgan fingerprint density at radius 2 is 1.83 bits per heavy atom. The van der Waals surface area contributed by atoms with E-state index in [1.165, 1.54) is 0 Å². The Labute approximate surface area is 278 Å². The third-order valence-corrected chi connectivity index (χ3v) is 8.55. The first-order valence-corrected chi connectivity index (χ1v) is 16.3. The molecule has 1 aliphatic heterocycles. The number of hydrogen-bond donors (Lipinski definition) is 2. The van der Waals surface area contributed by atoms with Crippen LogP contribution in [0.1, 0.15) is 58.4 Å². The molecular weight excluding hydrogens is 618 g/mol. The van der Waals surface area contributed by atoms with Crippen LogP contribution in [0.5, 0.6) is 11.6 Å². The molecule has 1 aliphatic carbocycles. The fourth-order valence-electron chi connectivity index (χ4n) is 6.20. The van der Waals surface area contributed by atoms with E-state index in [0.717, 1.165) is 29.2 Å². The molecule has 6 rings (SSSR count). The van der Waals surface area contributed by atoms with Crippen molar-refractivity contribution in [3.63, 3.8) is 0 Å². The summed E-state index contributed by atoms with van der Waals surface area (Å²) in [4.78, 5) is 41.0. The van der Waals surface area contributed by atoms with Crippen LogP contribution in [0.25, 0.3) is 22.0 Å². The van der Waals surface area contributed by atoms with E-state index in [4.69, 9.17) is 14.5 Å². The third-order valence-electron chi connectivity index (χ3n) is 8.55. The quantitative estimate of drug-likeness (QED) is 0.205. The van der Waals surface area contributed by atoms with Gasteiger partial charge in [-0.1, -0.05) is 24.3 Å². The number of aryl methyl sites for hydroxylation is 1. The van der Waals surface area contributed by atoms with E-state index >= 15 is 0 Å². The van der Waals surface area contributed by atoms with E-state index in [-0.39, 0.29) is 25.0 Å². The van der Waals surface area contributed by atoms with Crippen molar-refractivity contribution in [2.75, 3.05) is 23.7 Å². The minimum atomic E-state index is -2.81. The summed E-state index contributed by atoms with van der Waals surface area (Å²) in [5, 5.41) is 7.71. The molecule has 1 unspecified atom stereocenters. The third kappa shape index (κ3) is 7.64. The predicted octanol–water partition coefficient (Wildman–Crippen LogP) is 7.98. The fraction of sp³-hybridized carbons (Fsp3) is 0.417. The fourth-order valence-corrected chi connectivity index (χ4v) is 6.20. The van der Waals surface area contributed by atoms with Gasteiger partial charge >= 0.3 is 6.09 Å². The number of amides is 2. The molecular formula is C36H40F2N6O4. The highest BCUT2D eigenvalue weighted by molar-refractivity contribution is 6.05. The summed E-state index contributed by atoms with van der Waals surface area (Å²) in [5.41, 5.74) is 2.03. The van der Waals surface area contributed by atoms with E-state index in [9.17, 15) is 18.4 Å². The van der Waals surface area contributed by atoms with Gasteiger partial charge in [-0.15, -0.1) is 0 Å². The number of nitrogens with zero attached hydrogens (tertiary/aromatic N) is 4. The zero-order valence-corrected chi connectivity index (χ0v) is 27.6. The lowest BCUT2D eigenvalue weighted by Gasteiger charge is -2.34. The maximum absolute atomic E-state index is 13.8. The van der Waals surface area contributed by atoms with Crippen LogP contribution in [-0.2, 0) is 9.53 Å². The number of carbonyl (C=O) groups excluding carboxylic acids is 2. The first-order valence-electron chi connectivity index (χ1n) is 16.3. The molecule has 48 heavy (non-hydrogen) atoms. The van der Waals surface area contributed by atoms with Crippen molar-refractivity contribution in [2.24, 2.45) is 5.92 Å². The summed E-state index contributed by atoms with van der Waals surface area (Å²) in [7, 11) is 0. The predicted molar refractivity (Wildman–Crippen MR) is 179 cm³/mol. The van der Waals surface area contributed by atoms with Gasteiger partial charge in [0.1, 0.15) is 11.4 Å². The molecule has 0 radical (unpaired) electrons. The second kappa shape index (κ2) is 13.3. The maximum atomic E-state index is 13.8. The highest BCUT2D eigenvalue weighted by Gasteiger charge is 2.42. The second-order valence-electron chi connectivity index (χ2n) is 13.5. The van der Waals surface area contributed by atoms with Crippen molar-refractivity contribution in [3.05, 3.63) is 66.5 Å². The normalized spacial score (nSPS) is 19.2. The average molecular weight is 659 g/mol. The number of carbonyl (C=O) groups is 2. The van der Waals surface area contributed by atoms with Gasteiger partial charge in [-0.05, 0) is 76.8 Å². The lowest BCUT2D eigenvalue weighted by molar-refractivity contribution is -0.120. The first-order chi connectivity index (χ1) is 22.8. The minimum Gasteiger partial charge on any atom is -0.444 e. The van der Waals surface area contributed by atoms with Crippen molar-refractivity contribution in [1.82, 2.24) is 19.9 Å². The summed E-state index contributed by atoms with van der Waals surface area (Å²) >= 11 is 0. The standard InChI is InChI=1S/C36H40F2N6O4/c1-22-12-13-25-26(9-5-11-28(25)42-31(45)23-14-16-36(37,38)20-23)30(22)47-32-27(10-6-17-39-32)29-15-18-40-33(43-29)41-24-8-7-19-44(21-24)34(46)48-35(2,3)4/h5-6,9-13,15,17-18,23-24H,7-8,14,16,19-21H2,1-4H3,(H,42,45)(H,40,41,43)/t23-,24?/m1/s1. The molecule has 2 N–H and O–H groups in total. The maximum Gasteiger partial charge on any atom is 0.410 e. The molecule has 2 atom stereocenters.